The molecular formula is C9H14Cl2O3. The van der Waals surface area contributed by atoms with E-state index in [1.165, 1.54) is 6.26 Å². The van der Waals surface area contributed by atoms with Crippen LogP contribution in [0.1, 0.15) is 13.3 Å². The standard InChI is InChI=1S/C9H14Cl2O3/c1-7(5-10)8(11)3-2-4-14-6-9(12)13/h2,4,7-8H,3,5-6H2,1H3,(H,12,13)/b4-2+. The van der Waals surface area contributed by atoms with E-state index in [1.807, 2.05) is 6.92 Å². The molecule has 0 saturated carbocycles. The average molecular weight is 241 g/mol. The molecule has 0 spiro atoms. The Kier molecular flexibility index (Phi) is 7.71. The van der Waals surface area contributed by atoms with Crippen LogP contribution < -0.4 is 0 Å². The number of carboxylic acids is 1. The first-order valence-electron chi connectivity index (χ1n) is 4.26. The van der Waals surface area contributed by atoms with Gasteiger partial charge < -0.3 is 9.84 Å². The molecule has 1 N–H and O–H groups in total. The van der Waals surface area contributed by atoms with Gasteiger partial charge >= 0.3 is 5.97 Å². The molecule has 0 fully saturated rings. The molecule has 0 aliphatic heterocycles. The Morgan fingerprint density at radius 2 is 2.29 bits per heavy atom. The highest BCUT2D eigenvalue weighted by atomic mass is 35.5. The van der Waals surface area contributed by atoms with Gasteiger partial charge in [0.1, 0.15) is 0 Å². The zero-order chi connectivity index (χ0) is 11.0. The van der Waals surface area contributed by atoms with Crippen molar-refractivity contribution >= 4 is 29.2 Å². The number of aliphatic carboxylic acids is 1. The molecule has 0 saturated heterocycles. The average Bonchev–Trinajstić information content (AvgIpc) is 2.15. The van der Waals surface area contributed by atoms with Gasteiger partial charge in [0.25, 0.3) is 0 Å². The molecule has 0 aromatic rings. The monoisotopic (exact) mass is 240 g/mol. The third kappa shape index (κ3) is 7.04. The Balaban J connectivity index is 3.55. The molecule has 82 valence electrons. The van der Waals surface area contributed by atoms with Crippen LogP contribution in [-0.4, -0.2) is 28.9 Å². The van der Waals surface area contributed by atoms with E-state index in [-0.39, 0.29) is 17.9 Å². The Morgan fingerprint density at radius 3 is 2.79 bits per heavy atom. The summed E-state index contributed by atoms with van der Waals surface area (Å²) in [5.74, 6) is -0.258. The van der Waals surface area contributed by atoms with Gasteiger partial charge in [-0.25, -0.2) is 4.79 Å². The molecule has 2 atom stereocenters. The normalized spacial score (nSPS) is 15.4. The van der Waals surface area contributed by atoms with Crippen LogP contribution in [0.25, 0.3) is 0 Å². The second-order valence-electron chi connectivity index (χ2n) is 2.96. The highest BCUT2D eigenvalue weighted by molar-refractivity contribution is 6.22. The quantitative estimate of drug-likeness (QED) is 0.550. The summed E-state index contributed by atoms with van der Waals surface area (Å²) < 4.78 is 4.69. The van der Waals surface area contributed by atoms with Crippen LogP contribution in [0, 0.1) is 5.92 Å². The summed E-state index contributed by atoms with van der Waals surface area (Å²) in [7, 11) is 0. The minimum atomic E-state index is -0.994. The van der Waals surface area contributed by atoms with Gasteiger partial charge in [0, 0.05) is 11.3 Å². The van der Waals surface area contributed by atoms with Crippen LogP contribution in [0.2, 0.25) is 0 Å². The van der Waals surface area contributed by atoms with Crippen molar-refractivity contribution in [2.75, 3.05) is 12.5 Å². The number of allylic oxidation sites excluding steroid dienone is 1. The summed E-state index contributed by atoms with van der Waals surface area (Å²) in [6, 6.07) is 0. The predicted molar refractivity (Wildman–Crippen MR) is 56.9 cm³/mol. The van der Waals surface area contributed by atoms with Crippen LogP contribution in [0.5, 0.6) is 0 Å². The Morgan fingerprint density at radius 1 is 1.64 bits per heavy atom. The lowest BCUT2D eigenvalue weighted by Gasteiger charge is -2.12. The number of hydrogen-bond acceptors (Lipinski definition) is 2. The van der Waals surface area contributed by atoms with E-state index in [1.54, 1.807) is 6.08 Å². The molecule has 0 bridgehead atoms. The van der Waals surface area contributed by atoms with Crippen molar-refractivity contribution in [3.8, 4) is 0 Å². The van der Waals surface area contributed by atoms with Gasteiger partial charge in [0.2, 0.25) is 0 Å². The third-order valence-corrected chi connectivity index (χ3v) is 2.72. The number of carboxylic acid groups (broad SMARTS) is 1. The van der Waals surface area contributed by atoms with Crippen molar-refractivity contribution in [3.05, 3.63) is 12.3 Å². The molecule has 5 heteroatoms. The summed E-state index contributed by atoms with van der Waals surface area (Å²) >= 11 is 11.6. The van der Waals surface area contributed by atoms with E-state index in [4.69, 9.17) is 28.3 Å². The lowest BCUT2D eigenvalue weighted by Crippen LogP contribution is -2.11. The maximum atomic E-state index is 10.0. The molecule has 0 amide bonds. The minimum absolute atomic E-state index is 0.0443. The number of ether oxygens (including phenoxy) is 1. The number of rotatable bonds is 7. The second kappa shape index (κ2) is 7.94. The molecule has 3 nitrogen and oxygen atoms in total. The van der Waals surface area contributed by atoms with Crippen LogP contribution >= 0.6 is 23.2 Å². The van der Waals surface area contributed by atoms with E-state index < -0.39 is 5.97 Å². The van der Waals surface area contributed by atoms with Crippen LogP contribution in [0.4, 0.5) is 0 Å². The van der Waals surface area contributed by atoms with Gasteiger partial charge in [0.05, 0.1) is 6.26 Å². The van der Waals surface area contributed by atoms with Crippen molar-refractivity contribution in [1.82, 2.24) is 0 Å². The zero-order valence-electron chi connectivity index (χ0n) is 7.95. The molecular weight excluding hydrogens is 227 g/mol. The molecule has 0 aromatic carbocycles. The fourth-order valence-corrected chi connectivity index (χ4v) is 1.20. The maximum absolute atomic E-state index is 10.0. The first-order chi connectivity index (χ1) is 6.57. The van der Waals surface area contributed by atoms with Crippen LogP contribution in [-0.2, 0) is 9.53 Å². The van der Waals surface area contributed by atoms with Crippen molar-refractivity contribution in [2.45, 2.75) is 18.7 Å². The van der Waals surface area contributed by atoms with Gasteiger partial charge in [0.15, 0.2) is 6.61 Å². The lowest BCUT2D eigenvalue weighted by atomic mass is 10.1. The molecule has 0 rings (SSSR count). The fourth-order valence-electron chi connectivity index (χ4n) is 0.702. The number of halogens is 2. The van der Waals surface area contributed by atoms with Crippen molar-refractivity contribution in [1.29, 1.82) is 0 Å². The largest absolute Gasteiger partial charge is 0.490 e. The first kappa shape index (κ1) is 13.6. The van der Waals surface area contributed by atoms with E-state index >= 15 is 0 Å². The number of hydrogen-bond donors (Lipinski definition) is 1. The highest BCUT2D eigenvalue weighted by Gasteiger charge is 2.10. The Bertz CT molecular complexity index is 194. The second-order valence-corrected chi connectivity index (χ2v) is 3.83. The van der Waals surface area contributed by atoms with Gasteiger partial charge in [-0.3, -0.25) is 0 Å². The maximum Gasteiger partial charge on any atom is 0.341 e. The number of alkyl halides is 2. The highest BCUT2D eigenvalue weighted by Crippen LogP contribution is 2.15. The van der Waals surface area contributed by atoms with Gasteiger partial charge in [-0.1, -0.05) is 6.92 Å². The minimum Gasteiger partial charge on any atom is -0.490 e. The van der Waals surface area contributed by atoms with E-state index in [9.17, 15) is 4.79 Å². The first-order valence-corrected chi connectivity index (χ1v) is 5.23. The topological polar surface area (TPSA) is 46.5 Å². The zero-order valence-corrected chi connectivity index (χ0v) is 9.46. The van der Waals surface area contributed by atoms with E-state index in [2.05, 4.69) is 4.74 Å². The van der Waals surface area contributed by atoms with Crippen LogP contribution in [0.3, 0.4) is 0 Å². The van der Waals surface area contributed by atoms with Gasteiger partial charge in [-0.2, -0.15) is 0 Å². The molecule has 2 unspecified atom stereocenters. The summed E-state index contributed by atoms with van der Waals surface area (Å²) in [4.78, 5) is 10.0. The van der Waals surface area contributed by atoms with Crippen molar-refractivity contribution in [3.63, 3.8) is 0 Å². The molecule has 0 aliphatic rings. The molecule has 0 aliphatic carbocycles. The van der Waals surface area contributed by atoms with Crippen molar-refractivity contribution < 1.29 is 14.6 Å². The van der Waals surface area contributed by atoms with Gasteiger partial charge in [-0.15, -0.1) is 23.2 Å². The summed E-state index contributed by atoms with van der Waals surface area (Å²) in [6.45, 7) is 1.63. The summed E-state index contributed by atoms with van der Waals surface area (Å²) in [5, 5.41) is 8.20. The molecule has 14 heavy (non-hydrogen) atoms. The Labute approximate surface area is 93.6 Å². The van der Waals surface area contributed by atoms with E-state index in [0.717, 1.165) is 0 Å². The molecule has 0 heterocycles. The fraction of sp³-hybridized carbons (Fsp3) is 0.667. The molecule has 0 aromatic heterocycles. The van der Waals surface area contributed by atoms with Gasteiger partial charge in [-0.05, 0) is 18.4 Å². The lowest BCUT2D eigenvalue weighted by molar-refractivity contribution is -0.140. The predicted octanol–water partition coefficient (Wildman–Crippen LogP) is 2.47. The summed E-state index contributed by atoms with van der Waals surface area (Å²) in [6.07, 6.45) is 3.67. The third-order valence-electron chi connectivity index (χ3n) is 1.62. The smallest absolute Gasteiger partial charge is 0.341 e. The molecule has 0 radical (unpaired) electrons. The van der Waals surface area contributed by atoms with E-state index in [0.29, 0.717) is 12.3 Å². The number of carbonyl (C=O) groups is 1. The SMILES string of the molecule is CC(CCl)C(Cl)C/C=C/OCC(=O)O. The van der Waals surface area contributed by atoms with Crippen molar-refractivity contribution in [2.24, 2.45) is 5.92 Å². The van der Waals surface area contributed by atoms with Crippen LogP contribution in [0.15, 0.2) is 12.3 Å². The summed E-state index contributed by atoms with van der Waals surface area (Å²) in [5.41, 5.74) is 0. The Hall–Kier alpha value is -0.410.